The zero-order valence-corrected chi connectivity index (χ0v) is 14.7. The Morgan fingerprint density at radius 2 is 1.62 bits per heavy atom. The molecule has 1 N–H and O–H groups in total. The first-order valence-corrected chi connectivity index (χ1v) is 8.74. The number of anilines is 1. The summed E-state index contributed by atoms with van der Waals surface area (Å²) in [6.07, 6.45) is 0. The van der Waals surface area contributed by atoms with Crippen molar-refractivity contribution in [1.29, 1.82) is 0 Å². The second-order valence-corrected chi connectivity index (χ2v) is 7.06. The van der Waals surface area contributed by atoms with Gasteiger partial charge in [0.25, 0.3) is 27.4 Å². The van der Waals surface area contributed by atoms with Gasteiger partial charge in [-0.15, -0.1) is 0 Å². The van der Waals surface area contributed by atoms with Gasteiger partial charge in [-0.2, -0.15) is 0 Å². The van der Waals surface area contributed by atoms with Crippen molar-refractivity contribution in [2.45, 2.75) is 4.90 Å². The molecule has 0 radical (unpaired) electrons. The van der Waals surface area contributed by atoms with E-state index in [2.05, 4.69) is 4.72 Å². The number of benzene rings is 2. The van der Waals surface area contributed by atoms with E-state index in [0.29, 0.717) is 0 Å². The number of carbonyl (C=O) groups excluding carboxylic acids is 2. The molecule has 9 nitrogen and oxygen atoms in total. The molecule has 10 heteroatoms. The second-order valence-electron chi connectivity index (χ2n) is 5.40. The number of amides is 1. The molecule has 0 aliphatic carbocycles. The fourth-order valence-corrected chi connectivity index (χ4v) is 3.38. The first-order valence-electron chi connectivity index (χ1n) is 7.26. The van der Waals surface area contributed by atoms with Gasteiger partial charge < -0.3 is 4.90 Å². The molecule has 136 valence electrons. The fourth-order valence-electron chi connectivity index (χ4n) is 2.12. The number of sulfonamides is 1. The maximum atomic E-state index is 12.6. The van der Waals surface area contributed by atoms with Crippen molar-refractivity contribution in [2.75, 3.05) is 18.8 Å². The summed E-state index contributed by atoms with van der Waals surface area (Å²) in [5.74, 6) is -1.74. The van der Waals surface area contributed by atoms with E-state index in [0.717, 1.165) is 17.0 Å². The lowest BCUT2D eigenvalue weighted by molar-refractivity contribution is -0.387. The van der Waals surface area contributed by atoms with E-state index in [-0.39, 0.29) is 11.3 Å². The highest BCUT2D eigenvalue weighted by atomic mass is 32.2. The summed E-state index contributed by atoms with van der Waals surface area (Å²) >= 11 is 0. The lowest BCUT2D eigenvalue weighted by Crippen LogP contribution is -2.30. The Morgan fingerprint density at radius 1 is 1.04 bits per heavy atom. The molecular formula is C16H15N3O6S. The second kappa shape index (κ2) is 7.31. The minimum atomic E-state index is -4.36. The molecule has 26 heavy (non-hydrogen) atoms. The molecule has 0 heterocycles. The van der Waals surface area contributed by atoms with Crippen molar-refractivity contribution < 1.29 is 22.9 Å². The highest BCUT2D eigenvalue weighted by molar-refractivity contribution is 7.92. The van der Waals surface area contributed by atoms with Crippen molar-refractivity contribution in [3.8, 4) is 0 Å². The van der Waals surface area contributed by atoms with E-state index < -0.39 is 37.2 Å². The van der Waals surface area contributed by atoms with E-state index >= 15 is 0 Å². The van der Waals surface area contributed by atoms with Crippen LogP contribution in [0, 0.1) is 10.1 Å². The number of nitro benzene ring substituents is 1. The Hall–Kier alpha value is -3.27. The molecule has 0 saturated heterocycles. The van der Waals surface area contributed by atoms with Crippen LogP contribution < -0.4 is 4.72 Å². The SMILES string of the molecule is CN(C)C(=O)C(=O)c1ccccc1NS(=O)(=O)c1ccccc1[N+](=O)[O-]. The van der Waals surface area contributed by atoms with Gasteiger partial charge in [-0.1, -0.05) is 24.3 Å². The van der Waals surface area contributed by atoms with Gasteiger partial charge in [-0.3, -0.25) is 24.4 Å². The van der Waals surface area contributed by atoms with Crippen LogP contribution in [0.4, 0.5) is 11.4 Å². The van der Waals surface area contributed by atoms with Crippen molar-refractivity contribution >= 4 is 33.1 Å². The van der Waals surface area contributed by atoms with Crippen LogP contribution in [0.25, 0.3) is 0 Å². The first-order chi connectivity index (χ1) is 12.1. The van der Waals surface area contributed by atoms with Gasteiger partial charge in [0.05, 0.1) is 16.2 Å². The molecule has 0 unspecified atom stereocenters. The minimum Gasteiger partial charge on any atom is -0.342 e. The summed E-state index contributed by atoms with van der Waals surface area (Å²) in [6, 6.07) is 10.3. The molecule has 2 rings (SSSR count). The van der Waals surface area contributed by atoms with Crippen LogP contribution in [0.3, 0.4) is 0 Å². The summed E-state index contributed by atoms with van der Waals surface area (Å²) in [5, 5.41) is 11.1. The van der Waals surface area contributed by atoms with Crippen LogP contribution in [0.15, 0.2) is 53.4 Å². The van der Waals surface area contributed by atoms with Crippen LogP contribution in [0.2, 0.25) is 0 Å². The molecule has 0 atom stereocenters. The molecule has 2 aromatic rings. The number of nitrogens with zero attached hydrogens (tertiary/aromatic N) is 2. The number of hydrogen-bond donors (Lipinski definition) is 1. The van der Waals surface area contributed by atoms with E-state index in [1.165, 1.54) is 50.5 Å². The third kappa shape index (κ3) is 3.86. The smallest absolute Gasteiger partial charge is 0.294 e. The van der Waals surface area contributed by atoms with Gasteiger partial charge in [0.15, 0.2) is 4.90 Å². The zero-order chi connectivity index (χ0) is 19.5. The van der Waals surface area contributed by atoms with E-state index in [1.807, 2.05) is 0 Å². The highest BCUT2D eigenvalue weighted by Gasteiger charge is 2.28. The third-order valence-electron chi connectivity index (χ3n) is 3.37. The predicted octanol–water partition coefficient (Wildman–Crippen LogP) is 1.67. The first kappa shape index (κ1) is 19.1. The number of carbonyl (C=O) groups is 2. The number of ketones is 1. The molecule has 0 aromatic heterocycles. The fraction of sp³-hybridized carbons (Fsp3) is 0.125. The third-order valence-corrected chi connectivity index (χ3v) is 4.78. The molecular weight excluding hydrogens is 362 g/mol. The van der Waals surface area contributed by atoms with Crippen molar-refractivity contribution in [3.63, 3.8) is 0 Å². The van der Waals surface area contributed by atoms with E-state index in [4.69, 9.17) is 0 Å². The lowest BCUT2D eigenvalue weighted by Gasteiger charge is -2.14. The number of nitrogens with one attached hydrogen (secondary N) is 1. The van der Waals surface area contributed by atoms with Crippen molar-refractivity contribution in [2.24, 2.45) is 0 Å². The summed E-state index contributed by atoms with van der Waals surface area (Å²) in [4.78, 5) is 34.9. The standard InChI is InChI=1S/C16H15N3O6S/c1-18(2)16(21)15(20)11-7-3-4-8-12(11)17-26(24,25)14-10-6-5-9-13(14)19(22)23/h3-10,17H,1-2H3. The van der Waals surface area contributed by atoms with Crippen LogP contribution in [0.1, 0.15) is 10.4 Å². The van der Waals surface area contributed by atoms with Gasteiger partial charge in [0.2, 0.25) is 0 Å². The highest BCUT2D eigenvalue weighted by Crippen LogP contribution is 2.26. The van der Waals surface area contributed by atoms with Crippen LogP contribution >= 0.6 is 0 Å². The van der Waals surface area contributed by atoms with E-state index in [9.17, 15) is 28.1 Å². The average Bonchev–Trinajstić information content (AvgIpc) is 2.60. The topological polar surface area (TPSA) is 127 Å². The summed E-state index contributed by atoms with van der Waals surface area (Å²) in [7, 11) is -1.58. The molecule has 0 spiro atoms. The molecule has 0 bridgehead atoms. The van der Waals surface area contributed by atoms with Crippen LogP contribution in [-0.2, 0) is 14.8 Å². The zero-order valence-electron chi connectivity index (χ0n) is 13.9. The molecule has 1 amide bonds. The summed E-state index contributed by atoms with van der Waals surface area (Å²) in [6.45, 7) is 0. The van der Waals surface area contributed by atoms with Gasteiger partial charge in [0, 0.05) is 20.2 Å². The Morgan fingerprint density at radius 3 is 2.23 bits per heavy atom. The van der Waals surface area contributed by atoms with Gasteiger partial charge >= 0.3 is 0 Å². The maximum absolute atomic E-state index is 12.6. The molecule has 2 aromatic carbocycles. The molecule has 0 aliphatic heterocycles. The molecule has 0 saturated carbocycles. The Bertz CT molecular complexity index is 985. The lowest BCUT2D eigenvalue weighted by atomic mass is 10.1. The molecule has 0 fully saturated rings. The largest absolute Gasteiger partial charge is 0.342 e. The Kier molecular flexibility index (Phi) is 5.36. The predicted molar refractivity (Wildman–Crippen MR) is 93.4 cm³/mol. The monoisotopic (exact) mass is 377 g/mol. The van der Waals surface area contributed by atoms with Crippen LogP contribution in [-0.4, -0.2) is 44.0 Å². The number of rotatable bonds is 6. The minimum absolute atomic E-state index is 0.147. The maximum Gasteiger partial charge on any atom is 0.294 e. The summed E-state index contributed by atoms with van der Waals surface area (Å²) < 4.78 is 27.3. The Balaban J connectivity index is 2.48. The average molecular weight is 377 g/mol. The number of likely N-dealkylation sites (N-methyl/N-ethyl adjacent to an activating group) is 1. The van der Waals surface area contributed by atoms with Gasteiger partial charge in [0.1, 0.15) is 0 Å². The Labute approximate surface area is 149 Å². The quantitative estimate of drug-likeness (QED) is 0.353. The number of hydrogen-bond acceptors (Lipinski definition) is 6. The van der Waals surface area contributed by atoms with Crippen LogP contribution in [0.5, 0.6) is 0 Å². The molecule has 0 aliphatic rings. The van der Waals surface area contributed by atoms with Gasteiger partial charge in [-0.05, 0) is 18.2 Å². The normalized spacial score (nSPS) is 10.8. The van der Waals surface area contributed by atoms with E-state index in [1.54, 1.807) is 0 Å². The van der Waals surface area contributed by atoms with Crippen molar-refractivity contribution in [1.82, 2.24) is 4.90 Å². The number of Topliss-reactive ketones (excluding diaryl/α,β-unsaturated/α-hetero) is 1. The van der Waals surface area contributed by atoms with Crippen molar-refractivity contribution in [3.05, 3.63) is 64.2 Å². The number of para-hydroxylation sites is 2. The summed E-state index contributed by atoms with van der Waals surface area (Å²) in [5.41, 5.74) is -0.910. The number of nitro groups is 1. The van der Waals surface area contributed by atoms with Gasteiger partial charge in [-0.25, -0.2) is 8.42 Å².